The summed E-state index contributed by atoms with van der Waals surface area (Å²) in [6.45, 7) is 0.786. The molecular weight excluding hydrogens is 312 g/mol. The van der Waals surface area contributed by atoms with Crippen molar-refractivity contribution < 1.29 is 4.74 Å². The van der Waals surface area contributed by atoms with Gasteiger partial charge >= 0.3 is 0 Å². The molecule has 0 aliphatic heterocycles. The van der Waals surface area contributed by atoms with Crippen molar-refractivity contribution in [1.29, 1.82) is 0 Å². The van der Waals surface area contributed by atoms with Crippen molar-refractivity contribution in [2.24, 2.45) is 5.92 Å². The summed E-state index contributed by atoms with van der Waals surface area (Å²) in [5, 5.41) is 1.50. The van der Waals surface area contributed by atoms with E-state index < -0.39 is 0 Å². The summed E-state index contributed by atoms with van der Waals surface area (Å²) in [6, 6.07) is 5.91. The lowest BCUT2D eigenvalue weighted by molar-refractivity contribution is 0.245. The first-order chi connectivity index (χ1) is 8.81. The molecule has 3 heteroatoms. The molecule has 100 valence electrons. The van der Waals surface area contributed by atoms with Gasteiger partial charge in [-0.2, -0.15) is 0 Å². The summed E-state index contributed by atoms with van der Waals surface area (Å²) in [5.74, 6) is 1.71. The predicted octanol–water partition coefficient (Wildman–Crippen LogP) is 5.58. The van der Waals surface area contributed by atoms with Gasteiger partial charge in [-0.05, 0) is 18.4 Å². The first kappa shape index (κ1) is 14.2. The zero-order valence-corrected chi connectivity index (χ0v) is 13.0. The number of rotatable bonds is 5. The molecule has 1 saturated carbocycles. The van der Waals surface area contributed by atoms with Crippen LogP contribution in [0.3, 0.4) is 0 Å². The Bertz CT molecular complexity index is 375. The fourth-order valence-electron chi connectivity index (χ4n) is 2.62. The number of ether oxygens (including phenoxy) is 1. The second kappa shape index (κ2) is 7.40. The van der Waals surface area contributed by atoms with Crippen LogP contribution in [-0.4, -0.2) is 6.61 Å². The first-order valence-electron chi connectivity index (χ1n) is 6.77. The second-order valence-electron chi connectivity index (χ2n) is 5.00. The molecule has 0 unspecified atom stereocenters. The zero-order valence-electron chi connectivity index (χ0n) is 10.6. The van der Waals surface area contributed by atoms with Crippen LogP contribution in [0.15, 0.2) is 18.2 Å². The number of hydrogen-bond donors (Lipinski definition) is 0. The molecule has 0 amide bonds. The molecular formula is C15H20BrClO. The van der Waals surface area contributed by atoms with Gasteiger partial charge in [-0.3, -0.25) is 0 Å². The van der Waals surface area contributed by atoms with E-state index in [4.69, 9.17) is 16.3 Å². The van der Waals surface area contributed by atoms with E-state index in [-0.39, 0.29) is 0 Å². The summed E-state index contributed by atoms with van der Waals surface area (Å²) in [7, 11) is 0. The lowest BCUT2D eigenvalue weighted by Crippen LogP contribution is -2.11. The summed E-state index contributed by atoms with van der Waals surface area (Å²) in [5.41, 5.74) is 1.13. The molecule has 0 bridgehead atoms. The lowest BCUT2D eigenvalue weighted by Gasteiger charge is -2.21. The van der Waals surface area contributed by atoms with Crippen LogP contribution < -0.4 is 4.74 Å². The highest BCUT2D eigenvalue weighted by atomic mass is 79.9. The minimum atomic E-state index is 0.718. The van der Waals surface area contributed by atoms with Crippen LogP contribution in [0.2, 0.25) is 5.02 Å². The van der Waals surface area contributed by atoms with Crippen molar-refractivity contribution in [3.63, 3.8) is 0 Å². The fourth-order valence-corrected chi connectivity index (χ4v) is 3.31. The molecule has 1 aromatic carbocycles. The van der Waals surface area contributed by atoms with Crippen molar-refractivity contribution in [1.82, 2.24) is 0 Å². The maximum absolute atomic E-state index is 6.18. The third-order valence-electron chi connectivity index (χ3n) is 3.69. The molecule has 0 saturated heterocycles. The van der Waals surface area contributed by atoms with Gasteiger partial charge in [-0.1, -0.05) is 71.8 Å². The molecule has 1 aliphatic rings. The predicted molar refractivity (Wildman–Crippen MR) is 80.8 cm³/mol. The Morgan fingerprint density at radius 3 is 2.72 bits per heavy atom. The average Bonchev–Trinajstić information content (AvgIpc) is 2.41. The monoisotopic (exact) mass is 330 g/mol. The fraction of sp³-hybridized carbons (Fsp3) is 0.600. The van der Waals surface area contributed by atoms with Crippen LogP contribution in [-0.2, 0) is 5.33 Å². The molecule has 0 spiro atoms. The molecule has 0 radical (unpaired) electrons. The summed E-state index contributed by atoms with van der Waals surface area (Å²) in [6.07, 6.45) is 8.10. The van der Waals surface area contributed by atoms with Crippen LogP contribution in [0.5, 0.6) is 5.75 Å². The van der Waals surface area contributed by atoms with E-state index in [0.717, 1.165) is 40.6 Å². The molecule has 1 nitrogen and oxygen atoms in total. The molecule has 2 rings (SSSR count). The van der Waals surface area contributed by atoms with Gasteiger partial charge in [0.1, 0.15) is 5.75 Å². The third kappa shape index (κ3) is 3.89. The Morgan fingerprint density at radius 1 is 1.22 bits per heavy atom. The molecule has 18 heavy (non-hydrogen) atoms. The highest BCUT2D eigenvalue weighted by Crippen LogP contribution is 2.31. The number of benzene rings is 1. The van der Waals surface area contributed by atoms with Gasteiger partial charge in [-0.15, -0.1) is 0 Å². The normalized spacial score (nSPS) is 16.8. The van der Waals surface area contributed by atoms with Gasteiger partial charge < -0.3 is 4.74 Å². The molecule has 1 aromatic rings. The molecule has 1 aliphatic carbocycles. The van der Waals surface area contributed by atoms with E-state index in [1.54, 1.807) is 0 Å². The van der Waals surface area contributed by atoms with E-state index in [2.05, 4.69) is 22.0 Å². The Morgan fingerprint density at radius 2 is 2.00 bits per heavy atom. The Hall–Kier alpha value is -0.210. The minimum absolute atomic E-state index is 0.718. The largest absolute Gasteiger partial charge is 0.492 e. The van der Waals surface area contributed by atoms with Gasteiger partial charge in [0.15, 0.2) is 0 Å². The van der Waals surface area contributed by atoms with E-state index in [0.29, 0.717) is 0 Å². The topological polar surface area (TPSA) is 9.23 Å². The molecule has 0 N–H and O–H groups in total. The van der Waals surface area contributed by atoms with Gasteiger partial charge in [0.05, 0.1) is 11.6 Å². The molecule has 0 atom stereocenters. The smallest absolute Gasteiger partial charge is 0.141 e. The standard InChI is InChI=1S/C15H20BrClO/c16-11-13-7-4-8-14(17)15(13)18-10-9-12-5-2-1-3-6-12/h4,7-8,12H,1-3,5-6,9-11H2. The van der Waals surface area contributed by atoms with Gasteiger partial charge in [0.2, 0.25) is 0 Å². The summed E-state index contributed by atoms with van der Waals surface area (Å²) >= 11 is 9.66. The lowest BCUT2D eigenvalue weighted by atomic mass is 9.87. The van der Waals surface area contributed by atoms with Crippen LogP contribution >= 0.6 is 27.5 Å². The van der Waals surface area contributed by atoms with E-state index in [1.165, 1.54) is 32.1 Å². The third-order valence-corrected chi connectivity index (χ3v) is 4.59. The maximum atomic E-state index is 6.18. The van der Waals surface area contributed by atoms with Crippen molar-refractivity contribution in [3.05, 3.63) is 28.8 Å². The number of halogens is 2. The summed E-state index contributed by atoms with van der Waals surface area (Å²) < 4.78 is 5.90. The maximum Gasteiger partial charge on any atom is 0.141 e. The Balaban J connectivity index is 1.85. The molecule has 0 aromatic heterocycles. The Labute approximate surface area is 123 Å². The van der Waals surface area contributed by atoms with Crippen molar-refractivity contribution in [2.75, 3.05) is 6.61 Å². The van der Waals surface area contributed by atoms with Gasteiger partial charge in [-0.25, -0.2) is 0 Å². The average molecular weight is 332 g/mol. The van der Waals surface area contributed by atoms with Crippen molar-refractivity contribution in [2.45, 2.75) is 43.9 Å². The van der Waals surface area contributed by atoms with Gasteiger partial charge in [0, 0.05) is 10.9 Å². The number of para-hydroxylation sites is 1. The number of alkyl halides is 1. The van der Waals surface area contributed by atoms with Crippen molar-refractivity contribution >= 4 is 27.5 Å². The quantitative estimate of drug-likeness (QED) is 0.640. The van der Waals surface area contributed by atoms with Crippen LogP contribution in [0, 0.1) is 5.92 Å². The van der Waals surface area contributed by atoms with E-state index in [9.17, 15) is 0 Å². The van der Waals surface area contributed by atoms with Crippen molar-refractivity contribution in [3.8, 4) is 5.75 Å². The van der Waals surface area contributed by atoms with Gasteiger partial charge in [0.25, 0.3) is 0 Å². The highest BCUT2D eigenvalue weighted by molar-refractivity contribution is 9.08. The SMILES string of the molecule is Clc1cccc(CBr)c1OCCC1CCCCC1. The van der Waals surface area contributed by atoms with Crippen LogP contribution in [0.4, 0.5) is 0 Å². The van der Waals surface area contributed by atoms with Crippen LogP contribution in [0.1, 0.15) is 44.1 Å². The van der Waals surface area contributed by atoms with E-state index in [1.807, 2.05) is 12.1 Å². The zero-order chi connectivity index (χ0) is 12.8. The molecule has 1 fully saturated rings. The molecule has 0 heterocycles. The summed E-state index contributed by atoms with van der Waals surface area (Å²) in [4.78, 5) is 0. The first-order valence-corrected chi connectivity index (χ1v) is 8.27. The number of hydrogen-bond acceptors (Lipinski definition) is 1. The van der Waals surface area contributed by atoms with E-state index >= 15 is 0 Å². The highest BCUT2D eigenvalue weighted by Gasteiger charge is 2.14. The minimum Gasteiger partial charge on any atom is -0.492 e. The Kier molecular flexibility index (Phi) is 5.84. The van der Waals surface area contributed by atoms with Crippen LogP contribution in [0.25, 0.3) is 0 Å². The second-order valence-corrected chi connectivity index (χ2v) is 5.97.